The first-order valence-corrected chi connectivity index (χ1v) is 6.37. The molecule has 0 saturated carbocycles. The summed E-state index contributed by atoms with van der Waals surface area (Å²) in [5, 5.41) is 3.07. The van der Waals surface area contributed by atoms with Gasteiger partial charge in [0.25, 0.3) is 5.91 Å². The maximum absolute atomic E-state index is 12.2. The van der Waals surface area contributed by atoms with Gasteiger partial charge in [0, 0.05) is 5.54 Å². The summed E-state index contributed by atoms with van der Waals surface area (Å²) in [6, 6.07) is 8.30. The summed E-state index contributed by atoms with van der Waals surface area (Å²) in [5.41, 5.74) is 2.98. The van der Waals surface area contributed by atoms with Crippen molar-refractivity contribution in [1.29, 1.82) is 0 Å². The van der Waals surface area contributed by atoms with Gasteiger partial charge in [0.05, 0.1) is 5.69 Å². The van der Waals surface area contributed by atoms with E-state index < -0.39 is 0 Å². The molecule has 2 aromatic rings. The second-order valence-electron chi connectivity index (χ2n) is 5.40. The number of hydrogen-bond donors (Lipinski definition) is 1. The van der Waals surface area contributed by atoms with Gasteiger partial charge in [-0.25, -0.2) is 4.98 Å². The molecule has 98 valence electrons. The molecule has 1 aliphatic carbocycles. The average Bonchev–Trinajstić information content (AvgIpc) is 2.91. The molecule has 0 saturated heterocycles. The normalized spacial score (nSPS) is 16.1. The minimum atomic E-state index is -0.250. The number of amides is 1. The highest BCUT2D eigenvalue weighted by Crippen LogP contribution is 2.29. The largest absolute Gasteiger partial charge is 0.438 e. The van der Waals surface area contributed by atoms with E-state index in [1.54, 1.807) is 6.92 Å². The van der Waals surface area contributed by atoms with E-state index in [1.807, 2.05) is 12.1 Å². The van der Waals surface area contributed by atoms with Crippen LogP contribution in [0, 0.1) is 6.92 Å². The molecule has 1 aromatic carbocycles. The van der Waals surface area contributed by atoms with Crippen LogP contribution in [0.15, 0.2) is 35.1 Å². The smallest absolute Gasteiger partial charge is 0.289 e. The fourth-order valence-electron chi connectivity index (χ4n) is 2.74. The van der Waals surface area contributed by atoms with E-state index in [2.05, 4.69) is 29.4 Å². The predicted molar refractivity (Wildman–Crippen MR) is 71.0 cm³/mol. The Hall–Kier alpha value is -2.10. The molecule has 1 aromatic heterocycles. The lowest BCUT2D eigenvalue weighted by Crippen LogP contribution is -2.46. The molecule has 1 N–H and O–H groups in total. The first kappa shape index (κ1) is 12.0. The van der Waals surface area contributed by atoms with Crippen LogP contribution in [0.1, 0.15) is 34.3 Å². The standard InChI is InChI=1S/C15H16N2O2/c1-10-13(19-9-16-10)14(18)17-15(2)7-11-5-3-4-6-12(11)8-15/h3-6,9H,7-8H2,1-2H3,(H,17,18). The number of hydrogen-bond acceptors (Lipinski definition) is 3. The van der Waals surface area contributed by atoms with Gasteiger partial charge in [0.1, 0.15) is 0 Å². The van der Waals surface area contributed by atoms with Gasteiger partial charge in [-0.15, -0.1) is 0 Å². The molecule has 1 amide bonds. The minimum absolute atomic E-state index is 0.190. The molecular weight excluding hydrogens is 240 g/mol. The van der Waals surface area contributed by atoms with Crippen LogP contribution in [0.2, 0.25) is 0 Å². The molecule has 0 radical (unpaired) electrons. The van der Waals surface area contributed by atoms with E-state index in [0.717, 1.165) is 12.8 Å². The van der Waals surface area contributed by atoms with E-state index in [-0.39, 0.29) is 11.4 Å². The van der Waals surface area contributed by atoms with Crippen molar-refractivity contribution in [3.05, 3.63) is 53.2 Å². The highest BCUT2D eigenvalue weighted by atomic mass is 16.3. The fourth-order valence-corrected chi connectivity index (χ4v) is 2.74. The number of nitrogens with zero attached hydrogens (tertiary/aromatic N) is 1. The molecule has 0 aliphatic heterocycles. The second-order valence-corrected chi connectivity index (χ2v) is 5.40. The minimum Gasteiger partial charge on any atom is -0.438 e. The van der Waals surface area contributed by atoms with Crippen LogP contribution in [-0.2, 0) is 12.8 Å². The Morgan fingerprint density at radius 3 is 2.47 bits per heavy atom. The zero-order valence-electron chi connectivity index (χ0n) is 11.1. The number of carbonyl (C=O) groups excluding carboxylic acids is 1. The van der Waals surface area contributed by atoms with Crippen LogP contribution in [0.4, 0.5) is 0 Å². The van der Waals surface area contributed by atoms with Gasteiger partial charge < -0.3 is 9.73 Å². The molecule has 0 atom stereocenters. The van der Waals surface area contributed by atoms with Gasteiger partial charge in [-0.05, 0) is 37.8 Å². The van der Waals surface area contributed by atoms with Crippen molar-refractivity contribution in [3.8, 4) is 0 Å². The number of aromatic nitrogens is 1. The lowest BCUT2D eigenvalue weighted by Gasteiger charge is -2.24. The first-order valence-electron chi connectivity index (χ1n) is 6.37. The molecule has 4 heteroatoms. The molecule has 0 fully saturated rings. The van der Waals surface area contributed by atoms with Crippen molar-refractivity contribution in [3.63, 3.8) is 0 Å². The van der Waals surface area contributed by atoms with Crippen molar-refractivity contribution < 1.29 is 9.21 Å². The zero-order chi connectivity index (χ0) is 13.5. The molecule has 0 spiro atoms. The summed E-state index contributed by atoms with van der Waals surface area (Å²) in [7, 11) is 0. The van der Waals surface area contributed by atoms with Crippen LogP contribution in [-0.4, -0.2) is 16.4 Å². The van der Waals surface area contributed by atoms with Gasteiger partial charge in [0.15, 0.2) is 6.39 Å². The molecule has 1 heterocycles. The van der Waals surface area contributed by atoms with E-state index in [0.29, 0.717) is 11.5 Å². The number of aryl methyl sites for hydroxylation is 1. The zero-order valence-corrected chi connectivity index (χ0v) is 11.1. The summed E-state index contributed by atoms with van der Waals surface area (Å²) in [6.07, 6.45) is 3.00. The average molecular weight is 256 g/mol. The predicted octanol–water partition coefficient (Wildman–Crippen LogP) is 2.27. The van der Waals surface area contributed by atoms with Crippen molar-refractivity contribution in [2.45, 2.75) is 32.2 Å². The van der Waals surface area contributed by atoms with E-state index in [1.165, 1.54) is 17.5 Å². The fraction of sp³-hybridized carbons (Fsp3) is 0.333. The van der Waals surface area contributed by atoms with Crippen LogP contribution in [0.3, 0.4) is 0 Å². The second kappa shape index (κ2) is 4.23. The van der Waals surface area contributed by atoms with Gasteiger partial charge >= 0.3 is 0 Å². The van der Waals surface area contributed by atoms with E-state index in [9.17, 15) is 4.79 Å². The third-order valence-corrected chi connectivity index (χ3v) is 3.65. The number of carbonyl (C=O) groups is 1. The maximum atomic E-state index is 12.2. The number of nitrogens with one attached hydrogen (secondary N) is 1. The van der Waals surface area contributed by atoms with E-state index >= 15 is 0 Å². The summed E-state index contributed by atoms with van der Waals surface area (Å²) in [4.78, 5) is 16.1. The SMILES string of the molecule is Cc1ncoc1C(=O)NC1(C)Cc2ccccc2C1. The summed E-state index contributed by atoms with van der Waals surface area (Å²) < 4.78 is 5.14. The van der Waals surface area contributed by atoms with Crippen molar-refractivity contribution in [2.24, 2.45) is 0 Å². The maximum Gasteiger partial charge on any atom is 0.289 e. The molecule has 19 heavy (non-hydrogen) atoms. The third kappa shape index (κ3) is 2.14. The summed E-state index contributed by atoms with van der Waals surface area (Å²) in [5.74, 6) is 0.113. The topological polar surface area (TPSA) is 55.1 Å². The Balaban J connectivity index is 1.78. The van der Waals surface area contributed by atoms with Crippen molar-refractivity contribution >= 4 is 5.91 Å². The Kier molecular flexibility index (Phi) is 2.66. The quantitative estimate of drug-likeness (QED) is 0.896. The third-order valence-electron chi connectivity index (χ3n) is 3.65. The Bertz CT molecular complexity index is 606. The molecule has 3 rings (SSSR count). The van der Waals surface area contributed by atoms with Gasteiger partial charge in [-0.2, -0.15) is 0 Å². The highest BCUT2D eigenvalue weighted by molar-refractivity contribution is 5.93. The summed E-state index contributed by atoms with van der Waals surface area (Å²) >= 11 is 0. The van der Waals surface area contributed by atoms with Crippen LogP contribution < -0.4 is 5.32 Å². The lowest BCUT2D eigenvalue weighted by molar-refractivity contribution is 0.0880. The number of benzene rings is 1. The monoisotopic (exact) mass is 256 g/mol. The molecule has 0 unspecified atom stereocenters. The molecular formula is C15H16N2O2. The van der Waals surface area contributed by atoms with Crippen LogP contribution >= 0.6 is 0 Å². The van der Waals surface area contributed by atoms with Crippen molar-refractivity contribution in [1.82, 2.24) is 10.3 Å². The van der Waals surface area contributed by atoms with Gasteiger partial charge in [-0.3, -0.25) is 4.79 Å². The van der Waals surface area contributed by atoms with Gasteiger partial charge in [0.2, 0.25) is 5.76 Å². The Morgan fingerprint density at radius 1 is 1.32 bits per heavy atom. The number of fused-ring (bicyclic) bond motifs is 1. The number of oxazole rings is 1. The summed E-state index contributed by atoms with van der Waals surface area (Å²) in [6.45, 7) is 3.83. The molecule has 0 bridgehead atoms. The van der Waals surface area contributed by atoms with Crippen LogP contribution in [0.5, 0.6) is 0 Å². The van der Waals surface area contributed by atoms with Gasteiger partial charge in [-0.1, -0.05) is 24.3 Å². The Morgan fingerprint density at radius 2 is 1.95 bits per heavy atom. The van der Waals surface area contributed by atoms with Crippen LogP contribution in [0.25, 0.3) is 0 Å². The first-order chi connectivity index (χ1) is 9.07. The van der Waals surface area contributed by atoms with E-state index in [4.69, 9.17) is 4.42 Å². The van der Waals surface area contributed by atoms with Crippen molar-refractivity contribution in [2.75, 3.05) is 0 Å². The highest BCUT2D eigenvalue weighted by Gasteiger charge is 2.35. The molecule has 4 nitrogen and oxygen atoms in total. The number of rotatable bonds is 2. The molecule has 1 aliphatic rings. The Labute approximate surface area is 111 Å². The lowest BCUT2D eigenvalue weighted by atomic mass is 9.98.